The molecule has 98 valence electrons. The largest absolute Gasteiger partial charge is 0.337 e. The first-order valence-electron chi connectivity index (χ1n) is 5.38. The highest BCUT2D eigenvalue weighted by Gasteiger charge is 2.18. The highest BCUT2D eigenvalue weighted by molar-refractivity contribution is 7.89. The summed E-state index contributed by atoms with van der Waals surface area (Å²) in [5.74, 6) is 0.648. The molecule has 0 unspecified atom stereocenters. The van der Waals surface area contributed by atoms with Gasteiger partial charge in [0, 0.05) is 31.0 Å². The van der Waals surface area contributed by atoms with Gasteiger partial charge in [0.25, 0.3) is 10.0 Å². The Kier molecular flexibility index (Phi) is 3.22. The number of H-pyrrole nitrogens is 1. The fourth-order valence-corrected chi connectivity index (χ4v) is 2.50. The fourth-order valence-electron chi connectivity index (χ4n) is 1.46. The molecule has 0 fully saturated rings. The molecule has 0 aliphatic heterocycles. The Morgan fingerprint density at radius 1 is 1.44 bits per heavy atom. The van der Waals surface area contributed by atoms with Crippen molar-refractivity contribution in [2.45, 2.75) is 25.4 Å². The zero-order chi connectivity index (χ0) is 13.3. The molecule has 0 saturated heterocycles. The average molecular weight is 269 g/mol. The number of rotatable bonds is 4. The van der Waals surface area contributed by atoms with Crippen LogP contribution in [0.1, 0.15) is 17.1 Å². The normalized spacial score (nSPS) is 11.9. The maximum absolute atomic E-state index is 12.0. The molecule has 18 heavy (non-hydrogen) atoms. The number of aromatic nitrogens is 4. The first-order valence-corrected chi connectivity index (χ1v) is 6.87. The molecule has 0 aliphatic rings. The van der Waals surface area contributed by atoms with Gasteiger partial charge in [0.1, 0.15) is 5.82 Å². The third kappa shape index (κ3) is 2.44. The van der Waals surface area contributed by atoms with E-state index >= 15 is 0 Å². The summed E-state index contributed by atoms with van der Waals surface area (Å²) in [5, 5.41) is 6.62. The van der Waals surface area contributed by atoms with Crippen molar-refractivity contribution >= 4 is 10.0 Å². The van der Waals surface area contributed by atoms with Crippen molar-refractivity contribution in [1.29, 1.82) is 0 Å². The molecule has 0 saturated carbocycles. The molecule has 2 aromatic rings. The highest BCUT2D eigenvalue weighted by Crippen LogP contribution is 2.09. The molecular formula is C10H15N5O2S. The number of aromatic amines is 1. The van der Waals surface area contributed by atoms with Gasteiger partial charge in [-0.25, -0.2) is 18.1 Å². The SMILES string of the molecule is Cc1[nH]ncc1CNS(=O)(=O)c1cn(C)c(C)n1. The predicted molar refractivity (Wildman–Crippen MR) is 65.3 cm³/mol. The summed E-state index contributed by atoms with van der Waals surface area (Å²) in [6, 6.07) is 0. The maximum atomic E-state index is 12.0. The van der Waals surface area contributed by atoms with E-state index < -0.39 is 10.0 Å². The van der Waals surface area contributed by atoms with Crippen LogP contribution >= 0.6 is 0 Å². The summed E-state index contributed by atoms with van der Waals surface area (Å²) in [6.07, 6.45) is 3.08. The number of hydrogen-bond acceptors (Lipinski definition) is 4. The van der Waals surface area contributed by atoms with Gasteiger partial charge in [-0.1, -0.05) is 0 Å². The molecule has 0 spiro atoms. The lowest BCUT2D eigenvalue weighted by atomic mass is 10.3. The predicted octanol–water partition coefficient (Wildman–Crippen LogP) is 0.239. The van der Waals surface area contributed by atoms with E-state index in [4.69, 9.17) is 0 Å². The molecule has 0 aliphatic carbocycles. The Labute approximate surface area is 105 Å². The second-order valence-electron chi connectivity index (χ2n) is 4.08. The lowest BCUT2D eigenvalue weighted by Gasteiger charge is -2.02. The van der Waals surface area contributed by atoms with Gasteiger partial charge in [0.05, 0.1) is 6.20 Å². The summed E-state index contributed by atoms with van der Waals surface area (Å²) in [4.78, 5) is 3.99. The minimum Gasteiger partial charge on any atom is -0.337 e. The monoisotopic (exact) mass is 269 g/mol. The number of sulfonamides is 1. The quantitative estimate of drug-likeness (QED) is 0.831. The summed E-state index contributed by atoms with van der Waals surface area (Å²) < 4.78 is 28.1. The number of nitrogens with one attached hydrogen (secondary N) is 2. The van der Waals surface area contributed by atoms with E-state index in [1.165, 1.54) is 6.20 Å². The van der Waals surface area contributed by atoms with Crippen LogP contribution in [-0.4, -0.2) is 28.2 Å². The second-order valence-corrected chi connectivity index (χ2v) is 5.80. The molecule has 8 heteroatoms. The smallest absolute Gasteiger partial charge is 0.259 e. The zero-order valence-corrected chi connectivity index (χ0v) is 11.2. The van der Waals surface area contributed by atoms with Crippen LogP contribution in [0.15, 0.2) is 17.4 Å². The zero-order valence-electron chi connectivity index (χ0n) is 10.4. The van der Waals surface area contributed by atoms with Crippen molar-refractivity contribution in [3.63, 3.8) is 0 Å². The molecule has 2 heterocycles. The van der Waals surface area contributed by atoms with Crippen molar-refractivity contribution in [3.05, 3.63) is 29.5 Å². The molecule has 2 rings (SSSR count). The highest BCUT2D eigenvalue weighted by atomic mass is 32.2. The van der Waals surface area contributed by atoms with Gasteiger partial charge in [-0.05, 0) is 13.8 Å². The van der Waals surface area contributed by atoms with Crippen LogP contribution in [0.25, 0.3) is 0 Å². The van der Waals surface area contributed by atoms with E-state index in [9.17, 15) is 8.42 Å². The maximum Gasteiger partial charge on any atom is 0.259 e. The van der Waals surface area contributed by atoms with Crippen molar-refractivity contribution in [1.82, 2.24) is 24.5 Å². The van der Waals surface area contributed by atoms with Crippen molar-refractivity contribution in [2.24, 2.45) is 7.05 Å². The van der Waals surface area contributed by atoms with Gasteiger partial charge >= 0.3 is 0 Å². The Morgan fingerprint density at radius 2 is 2.17 bits per heavy atom. The van der Waals surface area contributed by atoms with Crippen molar-refractivity contribution < 1.29 is 8.42 Å². The molecule has 0 bridgehead atoms. The van der Waals surface area contributed by atoms with Gasteiger partial charge in [-0.15, -0.1) is 0 Å². The van der Waals surface area contributed by atoms with E-state index in [2.05, 4.69) is 19.9 Å². The minimum atomic E-state index is -3.58. The topological polar surface area (TPSA) is 92.7 Å². The van der Waals surface area contributed by atoms with Gasteiger partial charge in [0.2, 0.25) is 0 Å². The summed E-state index contributed by atoms with van der Waals surface area (Å²) in [5.41, 5.74) is 1.65. The lowest BCUT2D eigenvalue weighted by Crippen LogP contribution is -2.23. The van der Waals surface area contributed by atoms with E-state index in [0.29, 0.717) is 5.82 Å². The summed E-state index contributed by atoms with van der Waals surface area (Å²) in [7, 11) is -1.83. The van der Waals surface area contributed by atoms with Gasteiger partial charge in [0.15, 0.2) is 5.03 Å². The molecule has 2 N–H and O–H groups in total. The van der Waals surface area contributed by atoms with Crippen LogP contribution in [0.5, 0.6) is 0 Å². The van der Waals surface area contributed by atoms with Gasteiger partial charge < -0.3 is 4.57 Å². The first kappa shape index (κ1) is 12.8. The van der Waals surface area contributed by atoms with Crippen LogP contribution in [0, 0.1) is 13.8 Å². The minimum absolute atomic E-state index is 0.0312. The van der Waals surface area contributed by atoms with Crippen LogP contribution < -0.4 is 4.72 Å². The molecule has 0 atom stereocenters. The lowest BCUT2D eigenvalue weighted by molar-refractivity contribution is 0.577. The van der Waals surface area contributed by atoms with E-state index in [-0.39, 0.29) is 11.6 Å². The molecule has 0 radical (unpaired) electrons. The van der Waals surface area contributed by atoms with E-state index in [1.807, 2.05) is 6.92 Å². The van der Waals surface area contributed by atoms with Crippen molar-refractivity contribution in [3.8, 4) is 0 Å². The fraction of sp³-hybridized carbons (Fsp3) is 0.400. The van der Waals surface area contributed by atoms with Crippen LogP contribution in [0.3, 0.4) is 0 Å². The number of imidazole rings is 1. The van der Waals surface area contributed by atoms with Crippen LogP contribution in [0.2, 0.25) is 0 Å². The van der Waals surface area contributed by atoms with E-state index in [1.54, 1.807) is 24.7 Å². The van der Waals surface area contributed by atoms with Crippen LogP contribution in [-0.2, 0) is 23.6 Å². The Balaban J connectivity index is 2.15. The number of aryl methyl sites for hydroxylation is 3. The molecule has 7 nitrogen and oxygen atoms in total. The Morgan fingerprint density at radius 3 is 2.67 bits per heavy atom. The number of hydrogen-bond donors (Lipinski definition) is 2. The Hall–Kier alpha value is -1.67. The van der Waals surface area contributed by atoms with Gasteiger partial charge in [-0.3, -0.25) is 5.10 Å². The van der Waals surface area contributed by atoms with Gasteiger partial charge in [-0.2, -0.15) is 5.10 Å². The standard InChI is InChI=1S/C10H15N5O2S/c1-7-9(4-11-14-7)5-12-18(16,17)10-6-15(3)8(2)13-10/h4,6,12H,5H2,1-3H3,(H,11,14). The second kappa shape index (κ2) is 4.54. The van der Waals surface area contributed by atoms with Crippen molar-refractivity contribution in [2.75, 3.05) is 0 Å². The molecule has 0 amide bonds. The first-order chi connectivity index (χ1) is 8.40. The summed E-state index contributed by atoms with van der Waals surface area (Å²) >= 11 is 0. The average Bonchev–Trinajstić information content (AvgIpc) is 2.84. The molecule has 0 aromatic carbocycles. The summed E-state index contributed by atoms with van der Waals surface area (Å²) in [6.45, 7) is 3.78. The number of nitrogens with zero attached hydrogens (tertiary/aromatic N) is 3. The molecule has 2 aromatic heterocycles. The van der Waals surface area contributed by atoms with Crippen LogP contribution in [0.4, 0.5) is 0 Å². The van der Waals surface area contributed by atoms with E-state index in [0.717, 1.165) is 11.3 Å². The Bertz CT molecular complexity index is 636. The third-order valence-corrected chi connectivity index (χ3v) is 4.02. The third-order valence-electron chi connectivity index (χ3n) is 2.75. The molecular weight excluding hydrogens is 254 g/mol.